The monoisotopic (exact) mass is 240 g/mol. The summed E-state index contributed by atoms with van der Waals surface area (Å²) in [5, 5.41) is 9.60. The van der Waals surface area contributed by atoms with Crippen LogP contribution in [0, 0.1) is 11.8 Å². The Balaban J connectivity index is 2.07. The van der Waals surface area contributed by atoms with Crippen molar-refractivity contribution in [3.63, 3.8) is 0 Å². The third-order valence-electron chi connectivity index (χ3n) is 3.92. The molecule has 2 rings (SSSR count). The van der Waals surface area contributed by atoms with Gasteiger partial charge in [0, 0.05) is 12.8 Å². The molecule has 0 radical (unpaired) electrons. The van der Waals surface area contributed by atoms with Crippen LogP contribution in [0.5, 0.6) is 0 Å². The Bertz CT molecular complexity index is 348. The molecule has 0 bridgehead atoms. The number of ether oxygens (including phenoxy) is 2. The van der Waals surface area contributed by atoms with Gasteiger partial charge in [0.15, 0.2) is 0 Å². The van der Waals surface area contributed by atoms with Gasteiger partial charge in [-0.3, -0.25) is 0 Å². The fourth-order valence-electron chi connectivity index (χ4n) is 2.56. The highest BCUT2D eigenvalue weighted by Crippen LogP contribution is 2.42. The number of hydrogen-bond donors (Lipinski definition) is 1. The van der Waals surface area contributed by atoms with Gasteiger partial charge in [0.1, 0.15) is 5.57 Å². The first-order chi connectivity index (χ1) is 7.93. The molecule has 0 unspecified atom stereocenters. The summed E-state index contributed by atoms with van der Waals surface area (Å²) in [6.07, 6.45) is 3.27. The summed E-state index contributed by atoms with van der Waals surface area (Å²) >= 11 is 0. The van der Waals surface area contributed by atoms with Crippen LogP contribution in [0.15, 0.2) is 11.5 Å². The highest BCUT2D eigenvalue weighted by molar-refractivity contribution is 5.88. The van der Waals surface area contributed by atoms with Crippen LogP contribution in [-0.2, 0) is 14.3 Å². The number of carbonyl (C=O) groups excluding carboxylic acids is 1. The predicted molar refractivity (Wildman–Crippen MR) is 62.0 cm³/mol. The van der Waals surface area contributed by atoms with E-state index < -0.39 is 11.8 Å². The Labute approximate surface area is 102 Å². The Morgan fingerprint density at radius 2 is 1.88 bits per heavy atom. The average molecular weight is 240 g/mol. The minimum atomic E-state index is -0.911. The van der Waals surface area contributed by atoms with Crippen molar-refractivity contribution in [2.75, 3.05) is 0 Å². The van der Waals surface area contributed by atoms with Crippen LogP contribution in [0.2, 0.25) is 0 Å². The van der Waals surface area contributed by atoms with Gasteiger partial charge in [-0.2, -0.15) is 0 Å². The van der Waals surface area contributed by atoms with Crippen LogP contribution in [0.3, 0.4) is 0 Å². The third-order valence-corrected chi connectivity index (χ3v) is 3.92. The second-order valence-corrected chi connectivity index (χ2v) is 5.41. The molecule has 1 heterocycles. The Kier molecular flexibility index (Phi) is 3.06. The summed E-state index contributed by atoms with van der Waals surface area (Å²) in [5.41, 5.74) is 0.154. The van der Waals surface area contributed by atoms with Gasteiger partial charge in [-0.25, -0.2) is 4.79 Å². The van der Waals surface area contributed by atoms with Crippen molar-refractivity contribution < 1.29 is 19.4 Å². The van der Waals surface area contributed by atoms with Crippen LogP contribution < -0.4 is 0 Å². The van der Waals surface area contributed by atoms with E-state index in [1.807, 2.05) is 0 Å². The van der Waals surface area contributed by atoms with E-state index in [0.717, 1.165) is 12.8 Å². The molecule has 0 aromatic heterocycles. The highest BCUT2D eigenvalue weighted by Gasteiger charge is 2.45. The van der Waals surface area contributed by atoms with E-state index in [1.165, 1.54) is 6.92 Å². The topological polar surface area (TPSA) is 55.8 Å². The molecule has 0 amide bonds. The molecule has 1 N–H and O–H groups in total. The van der Waals surface area contributed by atoms with Gasteiger partial charge in [-0.15, -0.1) is 0 Å². The van der Waals surface area contributed by atoms with Crippen LogP contribution in [0.25, 0.3) is 0 Å². The maximum Gasteiger partial charge on any atom is 0.344 e. The van der Waals surface area contributed by atoms with Gasteiger partial charge in [-0.1, -0.05) is 13.8 Å². The van der Waals surface area contributed by atoms with Gasteiger partial charge in [0.2, 0.25) is 0 Å². The lowest BCUT2D eigenvalue weighted by molar-refractivity contribution is -0.253. The van der Waals surface area contributed by atoms with Crippen molar-refractivity contribution in [1.29, 1.82) is 0 Å². The Hall–Kier alpha value is -1.19. The van der Waals surface area contributed by atoms with E-state index in [-0.39, 0.29) is 11.5 Å². The molecule has 0 atom stereocenters. The third kappa shape index (κ3) is 2.26. The van der Waals surface area contributed by atoms with Crippen LogP contribution in [-0.4, -0.2) is 16.9 Å². The van der Waals surface area contributed by atoms with Gasteiger partial charge >= 0.3 is 5.97 Å². The fraction of sp³-hybridized carbons (Fsp3) is 0.769. The Morgan fingerprint density at radius 1 is 1.29 bits per heavy atom. The van der Waals surface area contributed by atoms with Gasteiger partial charge in [-0.05, 0) is 31.6 Å². The molecule has 0 saturated heterocycles. The molecule has 17 heavy (non-hydrogen) atoms. The van der Waals surface area contributed by atoms with E-state index in [4.69, 9.17) is 9.47 Å². The number of carbonyl (C=O) groups is 1. The smallest absolute Gasteiger partial charge is 0.344 e. The van der Waals surface area contributed by atoms with Crippen molar-refractivity contribution in [2.24, 2.45) is 11.8 Å². The lowest BCUT2D eigenvalue weighted by Gasteiger charge is -2.41. The average Bonchev–Trinajstić information content (AvgIpc) is 2.26. The van der Waals surface area contributed by atoms with Gasteiger partial charge in [0.25, 0.3) is 11.7 Å². The molecule has 1 fully saturated rings. The van der Waals surface area contributed by atoms with Crippen molar-refractivity contribution in [2.45, 2.75) is 52.2 Å². The summed E-state index contributed by atoms with van der Waals surface area (Å²) in [6.45, 7) is 5.92. The van der Waals surface area contributed by atoms with Crippen LogP contribution in [0.1, 0.15) is 46.5 Å². The van der Waals surface area contributed by atoms with E-state index in [0.29, 0.717) is 24.7 Å². The normalized spacial score (nSPS) is 33.9. The second kappa shape index (κ2) is 4.24. The zero-order valence-corrected chi connectivity index (χ0v) is 10.7. The van der Waals surface area contributed by atoms with E-state index >= 15 is 0 Å². The van der Waals surface area contributed by atoms with E-state index in [2.05, 4.69) is 13.8 Å². The quantitative estimate of drug-likeness (QED) is 0.716. The molecule has 2 aliphatic rings. The molecular formula is C13H20O4. The van der Waals surface area contributed by atoms with Crippen molar-refractivity contribution in [3.05, 3.63) is 11.5 Å². The summed E-state index contributed by atoms with van der Waals surface area (Å²) < 4.78 is 10.8. The summed E-state index contributed by atoms with van der Waals surface area (Å²) in [5.74, 6) is -0.359. The second-order valence-electron chi connectivity index (χ2n) is 5.41. The molecule has 0 aromatic carbocycles. The Morgan fingerprint density at radius 3 is 2.35 bits per heavy atom. The molecule has 4 nitrogen and oxygen atoms in total. The number of aliphatic hydroxyl groups excluding tert-OH is 1. The molecular weight excluding hydrogens is 220 g/mol. The molecule has 1 aliphatic carbocycles. The van der Waals surface area contributed by atoms with Crippen molar-refractivity contribution in [3.8, 4) is 0 Å². The molecule has 0 aromatic rings. The summed E-state index contributed by atoms with van der Waals surface area (Å²) in [6, 6.07) is 0. The minimum absolute atomic E-state index is 0.154. The number of aliphatic hydroxyl groups is 1. The molecule has 1 saturated carbocycles. The zero-order valence-electron chi connectivity index (χ0n) is 10.7. The minimum Gasteiger partial charge on any atom is -0.481 e. The lowest BCUT2D eigenvalue weighted by atomic mass is 9.79. The predicted octanol–water partition coefficient (Wildman–Crippen LogP) is 2.89. The molecule has 4 heteroatoms. The van der Waals surface area contributed by atoms with E-state index in [1.54, 1.807) is 0 Å². The first-order valence-electron chi connectivity index (χ1n) is 6.26. The maximum atomic E-state index is 11.6. The fourth-order valence-corrected chi connectivity index (χ4v) is 2.56. The standard InChI is InChI=1S/C13H20O4/c1-8(2)10-4-6-13(7-5-10)16-11(14)9(3)12(15)17-13/h8,10,14H,4-7H2,1-3H3. The molecule has 1 aliphatic heterocycles. The number of rotatable bonds is 1. The van der Waals surface area contributed by atoms with Gasteiger partial charge < -0.3 is 14.6 Å². The largest absolute Gasteiger partial charge is 0.481 e. The highest BCUT2D eigenvalue weighted by atomic mass is 16.8. The van der Waals surface area contributed by atoms with Crippen LogP contribution in [0.4, 0.5) is 0 Å². The molecule has 1 spiro atoms. The first-order valence-corrected chi connectivity index (χ1v) is 6.26. The number of esters is 1. The number of hydrogen-bond acceptors (Lipinski definition) is 4. The zero-order chi connectivity index (χ0) is 12.6. The van der Waals surface area contributed by atoms with Crippen LogP contribution >= 0.6 is 0 Å². The summed E-state index contributed by atoms with van der Waals surface area (Å²) in [7, 11) is 0. The van der Waals surface area contributed by atoms with Crippen molar-refractivity contribution in [1.82, 2.24) is 0 Å². The van der Waals surface area contributed by atoms with Gasteiger partial charge in [0.05, 0.1) is 0 Å². The first kappa shape index (κ1) is 12.3. The van der Waals surface area contributed by atoms with Crippen molar-refractivity contribution >= 4 is 5.97 Å². The van der Waals surface area contributed by atoms with E-state index in [9.17, 15) is 9.90 Å². The lowest BCUT2D eigenvalue weighted by Crippen LogP contribution is -2.45. The maximum absolute atomic E-state index is 11.6. The SMILES string of the molecule is CC1=C(O)OC2(CCC(C(C)C)CC2)OC1=O. The molecule has 96 valence electrons. The summed E-state index contributed by atoms with van der Waals surface area (Å²) in [4.78, 5) is 11.6.